The van der Waals surface area contributed by atoms with Crippen molar-refractivity contribution in [3.63, 3.8) is 0 Å². The van der Waals surface area contributed by atoms with Crippen molar-refractivity contribution in [2.75, 3.05) is 10.6 Å². The van der Waals surface area contributed by atoms with E-state index in [1.54, 1.807) is 29.8 Å². The fraction of sp³-hybridized carbons (Fsp3) is 0.320. The standard InChI is InChI=1S/C25H27ClN4O2/c1-15-12-16(2)30(29-15)17(3)24(31)28-23-11-10-21(14-22(23)26)27-25(32)20-9-8-18-6-4-5-7-19(18)13-20/h8-14,17H,4-7H2,1-3H3,(H,27,32)(H,28,31). The maximum Gasteiger partial charge on any atom is 0.255 e. The van der Waals surface area contributed by atoms with Crippen LogP contribution >= 0.6 is 11.6 Å². The molecule has 2 N–H and O–H groups in total. The molecule has 0 spiro atoms. The third kappa shape index (κ3) is 4.70. The summed E-state index contributed by atoms with van der Waals surface area (Å²) in [5, 5.41) is 10.5. The normalized spacial score (nSPS) is 13.9. The van der Waals surface area contributed by atoms with Crippen molar-refractivity contribution in [1.82, 2.24) is 9.78 Å². The molecule has 0 saturated heterocycles. The van der Waals surface area contributed by atoms with E-state index in [2.05, 4.69) is 21.8 Å². The number of aryl methyl sites for hydroxylation is 4. The van der Waals surface area contributed by atoms with Gasteiger partial charge in [-0.2, -0.15) is 5.10 Å². The minimum atomic E-state index is -0.483. The number of amides is 2. The first kappa shape index (κ1) is 22.1. The molecule has 0 fully saturated rings. The number of carbonyl (C=O) groups excluding carboxylic acids is 2. The second-order valence-electron chi connectivity index (χ2n) is 8.38. The Hall–Kier alpha value is -3.12. The number of rotatable bonds is 5. The monoisotopic (exact) mass is 450 g/mol. The van der Waals surface area contributed by atoms with Gasteiger partial charge in [-0.15, -0.1) is 0 Å². The summed E-state index contributed by atoms with van der Waals surface area (Å²) in [6.45, 7) is 5.59. The van der Waals surface area contributed by atoms with Crippen LogP contribution in [-0.2, 0) is 17.6 Å². The zero-order chi connectivity index (χ0) is 22.8. The fourth-order valence-corrected chi connectivity index (χ4v) is 4.39. The largest absolute Gasteiger partial charge is 0.323 e. The number of nitrogens with one attached hydrogen (secondary N) is 2. The predicted molar refractivity (Wildman–Crippen MR) is 128 cm³/mol. The van der Waals surface area contributed by atoms with Crippen LogP contribution < -0.4 is 10.6 Å². The van der Waals surface area contributed by atoms with Gasteiger partial charge in [0.2, 0.25) is 5.91 Å². The Labute approximate surface area is 193 Å². The molecule has 2 amide bonds. The summed E-state index contributed by atoms with van der Waals surface area (Å²) < 4.78 is 1.69. The van der Waals surface area contributed by atoms with E-state index in [0.29, 0.717) is 22.0 Å². The van der Waals surface area contributed by atoms with E-state index >= 15 is 0 Å². The highest BCUT2D eigenvalue weighted by Crippen LogP contribution is 2.27. The first-order valence-corrected chi connectivity index (χ1v) is 11.3. The summed E-state index contributed by atoms with van der Waals surface area (Å²) in [6.07, 6.45) is 4.48. The third-order valence-corrected chi connectivity index (χ3v) is 6.20. The van der Waals surface area contributed by atoms with Crippen molar-refractivity contribution in [3.05, 3.63) is 75.6 Å². The fourth-order valence-electron chi connectivity index (χ4n) is 4.16. The Morgan fingerprint density at radius 2 is 1.75 bits per heavy atom. The number of aromatic nitrogens is 2. The van der Waals surface area contributed by atoms with Gasteiger partial charge in [0, 0.05) is 16.9 Å². The van der Waals surface area contributed by atoms with E-state index in [0.717, 1.165) is 24.2 Å². The summed E-state index contributed by atoms with van der Waals surface area (Å²) in [5.41, 5.74) is 6.06. The molecular formula is C25H27ClN4O2. The van der Waals surface area contributed by atoms with Gasteiger partial charge in [-0.05, 0) is 94.0 Å². The van der Waals surface area contributed by atoms with Gasteiger partial charge in [0.05, 0.1) is 16.4 Å². The van der Waals surface area contributed by atoms with Crippen LogP contribution in [0, 0.1) is 13.8 Å². The maximum atomic E-state index is 12.7. The second kappa shape index (κ2) is 9.17. The average Bonchev–Trinajstić information content (AvgIpc) is 3.12. The smallest absolute Gasteiger partial charge is 0.255 e. The molecule has 1 aromatic heterocycles. The summed E-state index contributed by atoms with van der Waals surface area (Å²) in [4.78, 5) is 25.4. The predicted octanol–water partition coefficient (Wildman–Crippen LogP) is 5.48. The third-order valence-electron chi connectivity index (χ3n) is 5.89. The van der Waals surface area contributed by atoms with Gasteiger partial charge in [-0.3, -0.25) is 14.3 Å². The molecule has 1 aliphatic rings. The van der Waals surface area contributed by atoms with Crippen LogP contribution in [-0.4, -0.2) is 21.6 Å². The SMILES string of the molecule is Cc1cc(C)n(C(C)C(=O)Nc2ccc(NC(=O)c3ccc4c(c3)CCCC4)cc2Cl)n1. The Kier molecular flexibility index (Phi) is 6.33. The van der Waals surface area contributed by atoms with E-state index < -0.39 is 6.04 Å². The lowest BCUT2D eigenvalue weighted by atomic mass is 9.90. The van der Waals surface area contributed by atoms with E-state index in [1.807, 2.05) is 32.0 Å². The summed E-state index contributed by atoms with van der Waals surface area (Å²) in [7, 11) is 0. The van der Waals surface area contributed by atoms with Crippen LogP contribution in [0.5, 0.6) is 0 Å². The Balaban J connectivity index is 1.43. The molecule has 3 aromatic rings. The highest BCUT2D eigenvalue weighted by atomic mass is 35.5. The zero-order valence-electron chi connectivity index (χ0n) is 18.5. The molecule has 1 unspecified atom stereocenters. The summed E-state index contributed by atoms with van der Waals surface area (Å²) in [5.74, 6) is -0.395. The van der Waals surface area contributed by atoms with Gasteiger partial charge in [0.1, 0.15) is 6.04 Å². The molecule has 0 radical (unpaired) electrons. The van der Waals surface area contributed by atoms with Crippen molar-refractivity contribution in [2.45, 2.75) is 52.5 Å². The van der Waals surface area contributed by atoms with Gasteiger partial charge < -0.3 is 10.6 Å². The quantitative estimate of drug-likeness (QED) is 0.540. The van der Waals surface area contributed by atoms with Crippen molar-refractivity contribution in [2.24, 2.45) is 0 Å². The number of carbonyl (C=O) groups is 2. The zero-order valence-corrected chi connectivity index (χ0v) is 19.3. The van der Waals surface area contributed by atoms with Crippen LogP contribution in [0.25, 0.3) is 0 Å². The van der Waals surface area contributed by atoms with Crippen LogP contribution in [0.15, 0.2) is 42.5 Å². The second-order valence-corrected chi connectivity index (χ2v) is 8.78. The van der Waals surface area contributed by atoms with Gasteiger partial charge in [-0.25, -0.2) is 0 Å². The van der Waals surface area contributed by atoms with Crippen molar-refractivity contribution >= 4 is 34.8 Å². The Morgan fingerprint density at radius 1 is 1.00 bits per heavy atom. The molecule has 2 aromatic carbocycles. The van der Waals surface area contributed by atoms with Crippen LogP contribution in [0.1, 0.15) is 58.7 Å². The van der Waals surface area contributed by atoms with Gasteiger partial charge in [0.25, 0.3) is 5.91 Å². The minimum absolute atomic E-state index is 0.177. The molecule has 0 bridgehead atoms. The summed E-state index contributed by atoms with van der Waals surface area (Å²) >= 11 is 6.40. The number of hydrogen-bond acceptors (Lipinski definition) is 3. The lowest BCUT2D eigenvalue weighted by Gasteiger charge is -2.17. The number of nitrogens with zero attached hydrogens (tertiary/aromatic N) is 2. The first-order chi connectivity index (χ1) is 15.3. The molecule has 6 nitrogen and oxygen atoms in total. The Bertz CT molecular complexity index is 1180. The van der Waals surface area contributed by atoms with E-state index in [4.69, 9.17) is 11.6 Å². The van der Waals surface area contributed by atoms with E-state index in [-0.39, 0.29) is 11.8 Å². The van der Waals surface area contributed by atoms with Gasteiger partial charge in [0.15, 0.2) is 0 Å². The molecule has 0 aliphatic heterocycles. The van der Waals surface area contributed by atoms with Crippen molar-refractivity contribution in [3.8, 4) is 0 Å². The molecule has 166 valence electrons. The van der Waals surface area contributed by atoms with Crippen molar-refractivity contribution < 1.29 is 9.59 Å². The molecule has 32 heavy (non-hydrogen) atoms. The lowest BCUT2D eigenvalue weighted by molar-refractivity contribution is -0.119. The van der Waals surface area contributed by atoms with Crippen molar-refractivity contribution in [1.29, 1.82) is 0 Å². The van der Waals surface area contributed by atoms with E-state index in [1.165, 1.54) is 24.0 Å². The Morgan fingerprint density at radius 3 is 2.44 bits per heavy atom. The molecule has 4 rings (SSSR count). The van der Waals surface area contributed by atoms with Crippen LogP contribution in [0.2, 0.25) is 5.02 Å². The minimum Gasteiger partial charge on any atom is -0.323 e. The maximum absolute atomic E-state index is 12.7. The molecule has 7 heteroatoms. The topological polar surface area (TPSA) is 76.0 Å². The average molecular weight is 451 g/mol. The highest BCUT2D eigenvalue weighted by Gasteiger charge is 2.19. The van der Waals surface area contributed by atoms with Gasteiger partial charge >= 0.3 is 0 Å². The lowest BCUT2D eigenvalue weighted by Crippen LogP contribution is -2.25. The first-order valence-electron chi connectivity index (χ1n) is 10.9. The highest BCUT2D eigenvalue weighted by molar-refractivity contribution is 6.34. The molecular weight excluding hydrogens is 424 g/mol. The number of anilines is 2. The molecule has 1 aliphatic carbocycles. The summed E-state index contributed by atoms with van der Waals surface area (Å²) in [6, 6.07) is 12.4. The van der Waals surface area contributed by atoms with Crippen LogP contribution in [0.3, 0.4) is 0 Å². The van der Waals surface area contributed by atoms with Gasteiger partial charge in [-0.1, -0.05) is 17.7 Å². The molecule has 1 heterocycles. The number of halogens is 1. The number of benzene rings is 2. The number of fused-ring (bicyclic) bond motifs is 1. The molecule has 1 atom stereocenters. The van der Waals surface area contributed by atoms with Crippen LogP contribution in [0.4, 0.5) is 11.4 Å². The number of hydrogen-bond donors (Lipinski definition) is 2. The van der Waals surface area contributed by atoms with E-state index in [9.17, 15) is 9.59 Å². The molecule has 0 saturated carbocycles.